The van der Waals surface area contributed by atoms with E-state index < -0.39 is 0 Å². The van der Waals surface area contributed by atoms with E-state index in [-0.39, 0.29) is 5.15 Å². The first kappa shape index (κ1) is 12.5. The van der Waals surface area contributed by atoms with Crippen LogP contribution in [0.15, 0.2) is 24.4 Å². The fraction of sp³-hybridized carbons (Fsp3) is 0.214. The van der Waals surface area contributed by atoms with Crippen LogP contribution in [0.25, 0.3) is 11.1 Å². The molecule has 0 aromatic carbocycles. The lowest BCUT2D eigenvalue weighted by Gasteiger charge is -2.09. The Kier molecular flexibility index (Phi) is 3.59. The summed E-state index contributed by atoms with van der Waals surface area (Å²) in [5.41, 5.74) is 4.19. The molecule has 0 saturated heterocycles. The topological polar surface area (TPSA) is 49.6 Å². The van der Waals surface area contributed by atoms with Crippen LogP contribution < -0.4 is 0 Å². The van der Waals surface area contributed by atoms with Crippen LogP contribution in [0.1, 0.15) is 23.9 Å². The average Bonchev–Trinajstić information content (AvgIpc) is 2.38. The van der Waals surface area contributed by atoms with Crippen molar-refractivity contribution < 1.29 is 0 Å². The number of nitrogens with zero attached hydrogens (tertiary/aromatic N) is 3. The smallest absolute Gasteiger partial charge is 0.147 e. The van der Waals surface area contributed by atoms with Gasteiger partial charge in [-0.15, -0.1) is 0 Å². The van der Waals surface area contributed by atoms with Crippen molar-refractivity contribution in [1.82, 2.24) is 9.97 Å². The number of hydrogen-bond acceptors (Lipinski definition) is 3. The second kappa shape index (κ2) is 5.16. The molecule has 0 spiro atoms. The van der Waals surface area contributed by atoms with Gasteiger partial charge in [0, 0.05) is 23.1 Å². The first-order valence-corrected chi connectivity index (χ1v) is 6.06. The quantitative estimate of drug-likeness (QED) is 0.773. The molecule has 0 saturated carbocycles. The van der Waals surface area contributed by atoms with Gasteiger partial charge < -0.3 is 0 Å². The fourth-order valence-electron chi connectivity index (χ4n) is 1.84. The van der Waals surface area contributed by atoms with Crippen molar-refractivity contribution in [2.24, 2.45) is 0 Å². The highest BCUT2D eigenvalue weighted by Crippen LogP contribution is 2.27. The molecular formula is C14H12ClN3. The van der Waals surface area contributed by atoms with Crippen molar-refractivity contribution in [3.05, 3.63) is 46.5 Å². The number of aromatic nitrogens is 2. The van der Waals surface area contributed by atoms with Gasteiger partial charge in [-0.25, -0.2) is 4.98 Å². The highest BCUT2D eigenvalue weighted by atomic mass is 35.5. The number of hydrogen-bond donors (Lipinski definition) is 0. The normalized spacial score (nSPS) is 10.1. The highest BCUT2D eigenvalue weighted by molar-refractivity contribution is 6.30. The summed E-state index contributed by atoms with van der Waals surface area (Å²) in [4.78, 5) is 8.46. The number of rotatable bonds is 2. The zero-order valence-corrected chi connectivity index (χ0v) is 11.0. The van der Waals surface area contributed by atoms with Crippen molar-refractivity contribution in [3.63, 3.8) is 0 Å². The Bertz CT molecular complexity index is 629. The molecule has 4 heteroatoms. The molecule has 0 unspecified atom stereocenters. The summed E-state index contributed by atoms with van der Waals surface area (Å²) < 4.78 is 0. The van der Waals surface area contributed by atoms with Crippen LogP contribution >= 0.6 is 11.6 Å². The monoisotopic (exact) mass is 257 g/mol. The van der Waals surface area contributed by atoms with Gasteiger partial charge in [-0.1, -0.05) is 18.5 Å². The summed E-state index contributed by atoms with van der Waals surface area (Å²) in [6.45, 7) is 3.95. The molecule has 0 aliphatic heterocycles. The van der Waals surface area contributed by atoms with Gasteiger partial charge in [0.25, 0.3) is 0 Å². The third kappa shape index (κ3) is 2.34. The largest absolute Gasteiger partial charge is 0.262 e. The third-order valence-corrected chi connectivity index (χ3v) is 3.01. The van der Waals surface area contributed by atoms with Crippen LogP contribution in [0.3, 0.4) is 0 Å². The molecule has 0 atom stereocenters. The van der Waals surface area contributed by atoms with Crippen LogP contribution in [-0.4, -0.2) is 9.97 Å². The summed E-state index contributed by atoms with van der Waals surface area (Å²) in [5.74, 6) is 0. The standard InChI is InChI=1S/C14H12ClN3/c1-3-13-12(7-11(8-16)14(15)18-13)10-4-5-17-9(2)6-10/h4-7H,3H2,1-2H3. The SMILES string of the molecule is CCc1nc(Cl)c(C#N)cc1-c1ccnc(C)c1. The fourth-order valence-corrected chi connectivity index (χ4v) is 2.04. The Morgan fingerprint density at radius 1 is 1.39 bits per heavy atom. The van der Waals surface area contributed by atoms with Gasteiger partial charge in [-0.2, -0.15) is 5.26 Å². The number of aryl methyl sites for hydroxylation is 2. The molecule has 0 fully saturated rings. The first-order valence-electron chi connectivity index (χ1n) is 5.68. The molecule has 0 bridgehead atoms. The second-order valence-electron chi connectivity index (χ2n) is 3.97. The van der Waals surface area contributed by atoms with Gasteiger partial charge in [0.1, 0.15) is 11.2 Å². The van der Waals surface area contributed by atoms with E-state index in [0.29, 0.717) is 5.56 Å². The van der Waals surface area contributed by atoms with Gasteiger partial charge in [0.05, 0.1) is 5.56 Å². The van der Waals surface area contributed by atoms with E-state index in [1.165, 1.54) is 0 Å². The van der Waals surface area contributed by atoms with Crippen molar-refractivity contribution in [1.29, 1.82) is 5.26 Å². The van der Waals surface area contributed by atoms with E-state index in [1.807, 2.05) is 26.0 Å². The minimum absolute atomic E-state index is 0.267. The van der Waals surface area contributed by atoms with E-state index in [0.717, 1.165) is 28.9 Å². The van der Waals surface area contributed by atoms with Gasteiger partial charge >= 0.3 is 0 Å². The molecule has 2 aromatic heterocycles. The summed E-state index contributed by atoms with van der Waals surface area (Å²) >= 11 is 5.95. The van der Waals surface area contributed by atoms with E-state index >= 15 is 0 Å². The molecule has 0 N–H and O–H groups in total. The average molecular weight is 258 g/mol. The van der Waals surface area contributed by atoms with Crippen LogP contribution in [0.5, 0.6) is 0 Å². The number of halogens is 1. The van der Waals surface area contributed by atoms with E-state index in [1.54, 1.807) is 12.3 Å². The van der Waals surface area contributed by atoms with Gasteiger partial charge in [0.2, 0.25) is 0 Å². The van der Waals surface area contributed by atoms with Crippen molar-refractivity contribution in [3.8, 4) is 17.2 Å². The first-order chi connectivity index (χ1) is 8.65. The molecule has 90 valence electrons. The summed E-state index contributed by atoms with van der Waals surface area (Å²) in [5, 5.41) is 9.29. The summed E-state index contributed by atoms with van der Waals surface area (Å²) in [6, 6.07) is 7.75. The maximum Gasteiger partial charge on any atom is 0.147 e. The van der Waals surface area contributed by atoms with Gasteiger partial charge in [-0.05, 0) is 37.1 Å². The van der Waals surface area contributed by atoms with Crippen LogP contribution in [0, 0.1) is 18.3 Å². The van der Waals surface area contributed by atoms with Crippen LogP contribution in [0.4, 0.5) is 0 Å². The van der Waals surface area contributed by atoms with E-state index in [4.69, 9.17) is 16.9 Å². The molecule has 0 radical (unpaired) electrons. The van der Waals surface area contributed by atoms with Gasteiger partial charge in [0.15, 0.2) is 0 Å². The molecule has 18 heavy (non-hydrogen) atoms. The molecular weight excluding hydrogens is 246 g/mol. The number of pyridine rings is 2. The van der Waals surface area contributed by atoms with Crippen LogP contribution in [0.2, 0.25) is 5.15 Å². The minimum Gasteiger partial charge on any atom is -0.262 e. The molecule has 2 rings (SSSR count). The van der Waals surface area contributed by atoms with Crippen LogP contribution in [-0.2, 0) is 6.42 Å². The lowest BCUT2D eigenvalue weighted by atomic mass is 10.0. The predicted molar refractivity (Wildman–Crippen MR) is 71.3 cm³/mol. The van der Waals surface area contributed by atoms with Gasteiger partial charge in [-0.3, -0.25) is 4.98 Å². The Morgan fingerprint density at radius 3 is 2.78 bits per heavy atom. The lowest BCUT2D eigenvalue weighted by molar-refractivity contribution is 1.03. The van der Waals surface area contributed by atoms with Crippen molar-refractivity contribution >= 4 is 11.6 Å². The Labute approximate surface area is 111 Å². The maximum atomic E-state index is 9.02. The number of nitriles is 1. The Hall–Kier alpha value is -1.92. The Morgan fingerprint density at radius 2 is 2.17 bits per heavy atom. The second-order valence-corrected chi connectivity index (χ2v) is 4.33. The van der Waals surface area contributed by atoms with E-state index in [9.17, 15) is 0 Å². The van der Waals surface area contributed by atoms with E-state index in [2.05, 4.69) is 16.0 Å². The lowest BCUT2D eigenvalue weighted by Crippen LogP contribution is -1.96. The summed E-state index contributed by atoms with van der Waals surface area (Å²) in [7, 11) is 0. The zero-order chi connectivity index (χ0) is 13.1. The molecule has 0 aliphatic carbocycles. The minimum atomic E-state index is 0.267. The molecule has 2 aromatic rings. The molecule has 0 aliphatic rings. The Balaban J connectivity index is 2.66. The maximum absolute atomic E-state index is 9.02. The van der Waals surface area contributed by atoms with Crippen molar-refractivity contribution in [2.45, 2.75) is 20.3 Å². The molecule has 3 nitrogen and oxygen atoms in total. The molecule has 2 heterocycles. The highest BCUT2D eigenvalue weighted by Gasteiger charge is 2.11. The summed E-state index contributed by atoms with van der Waals surface area (Å²) in [6.07, 6.45) is 2.52. The third-order valence-electron chi connectivity index (χ3n) is 2.72. The zero-order valence-electron chi connectivity index (χ0n) is 10.2. The molecule has 0 amide bonds. The van der Waals surface area contributed by atoms with Crippen molar-refractivity contribution in [2.75, 3.05) is 0 Å². The predicted octanol–water partition coefficient (Wildman–Crippen LogP) is 3.54.